The molecule has 60 valence electrons. The molecule has 1 aliphatic rings. The SMILES string of the molecule is NC1CC(Cn2ccnn2)C1. The van der Waals surface area contributed by atoms with Gasteiger partial charge in [0.05, 0.1) is 6.20 Å². The standard InChI is InChI=1S/C7H12N4/c8-7-3-6(4-7)5-11-2-1-9-10-11/h1-2,6-7H,3-5,8H2. The van der Waals surface area contributed by atoms with Crippen molar-refractivity contribution in [2.24, 2.45) is 11.7 Å². The molecule has 1 heterocycles. The van der Waals surface area contributed by atoms with Crippen LogP contribution in [0.2, 0.25) is 0 Å². The molecular formula is C7H12N4. The van der Waals surface area contributed by atoms with E-state index in [0.29, 0.717) is 6.04 Å². The lowest BCUT2D eigenvalue weighted by Crippen LogP contribution is -2.38. The molecule has 1 aromatic heterocycles. The van der Waals surface area contributed by atoms with Gasteiger partial charge in [-0.25, -0.2) is 0 Å². The van der Waals surface area contributed by atoms with Gasteiger partial charge in [0, 0.05) is 18.8 Å². The van der Waals surface area contributed by atoms with Gasteiger partial charge in [-0.05, 0) is 18.8 Å². The molecule has 0 bridgehead atoms. The summed E-state index contributed by atoms with van der Waals surface area (Å²) in [4.78, 5) is 0. The number of nitrogens with two attached hydrogens (primary N) is 1. The Bertz CT molecular complexity index is 212. The van der Waals surface area contributed by atoms with Gasteiger partial charge in [0.15, 0.2) is 0 Å². The molecule has 0 atom stereocenters. The Morgan fingerprint density at radius 1 is 1.55 bits per heavy atom. The van der Waals surface area contributed by atoms with E-state index in [2.05, 4.69) is 10.3 Å². The van der Waals surface area contributed by atoms with Gasteiger partial charge < -0.3 is 5.73 Å². The van der Waals surface area contributed by atoms with Crippen molar-refractivity contribution in [1.29, 1.82) is 0 Å². The minimum Gasteiger partial charge on any atom is -0.328 e. The molecule has 1 aliphatic carbocycles. The van der Waals surface area contributed by atoms with Crippen LogP contribution in [-0.2, 0) is 6.54 Å². The van der Waals surface area contributed by atoms with Crippen LogP contribution in [0.1, 0.15) is 12.8 Å². The summed E-state index contributed by atoms with van der Waals surface area (Å²) >= 11 is 0. The highest BCUT2D eigenvalue weighted by atomic mass is 15.4. The lowest BCUT2D eigenvalue weighted by molar-refractivity contribution is 0.225. The average molecular weight is 152 g/mol. The Kier molecular flexibility index (Phi) is 1.62. The molecule has 0 radical (unpaired) electrons. The maximum atomic E-state index is 5.65. The summed E-state index contributed by atoms with van der Waals surface area (Å²) in [5.41, 5.74) is 5.65. The highest BCUT2D eigenvalue weighted by Crippen LogP contribution is 2.26. The molecule has 0 amide bonds. The minimum absolute atomic E-state index is 0.434. The molecule has 0 unspecified atom stereocenters. The fourth-order valence-corrected chi connectivity index (χ4v) is 1.53. The molecule has 0 saturated heterocycles. The summed E-state index contributed by atoms with van der Waals surface area (Å²) < 4.78 is 1.87. The highest BCUT2D eigenvalue weighted by Gasteiger charge is 2.25. The van der Waals surface area contributed by atoms with Crippen LogP contribution in [-0.4, -0.2) is 21.0 Å². The van der Waals surface area contributed by atoms with E-state index in [1.54, 1.807) is 6.20 Å². The normalized spacial score (nSPS) is 29.9. The van der Waals surface area contributed by atoms with Crippen molar-refractivity contribution in [3.8, 4) is 0 Å². The van der Waals surface area contributed by atoms with Crippen LogP contribution < -0.4 is 5.73 Å². The number of hydrogen-bond donors (Lipinski definition) is 1. The monoisotopic (exact) mass is 152 g/mol. The zero-order chi connectivity index (χ0) is 7.68. The third-order valence-corrected chi connectivity index (χ3v) is 2.19. The molecule has 2 rings (SSSR count). The van der Waals surface area contributed by atoms with Crippen molar-refractivity contribution in [2.75, 3.05) is 0 Å². The van der Waals surface area contributed by atoms with Gasteiger partial charge in [0.1, 0.15) is 0 Å². The highest BCUT2D eigenvalue weighted by molar-refractivity contribution is 4.82. The van der Waals surface area contributed by atoms with Crippen LogP contribution in [0.3, 0.4) is 0 Å². The maximum absolute atomic E-state index is 5.65. The minimum atomic E-state index is 0.434. The first-order valence-corrected chi connectivity index (χ1v) is 3.94. The third kappa shape index (κ3) is 1.40. The molecule has 1 fully saturated rings. The average Bonchev–Trinajstić information content (AvgIpc) is 2.36. The summed E-state index contributed by atoms with van der Waals surface area (Å²) in [7, 11) is 0. The smallest absolute Gasteiger partial charge is 0.0692 e. The predicted molar refractivity (Wildman–Crippen MR) is 40.7 cm³/mol. The first kappa shape index (κ1) is 6.79. The molecule has 4 heteroatoms. The second-order valence-electron chi connectivity index (χ2n) is 3.22. The van der Waals surface area contributed by atoms with Crippen molar-refractivity contribution in [3.63, 3.8) is 0 Å². The largest absolute Gasteiger partial charge is 0.328 e. The van der Waals surface area contributed by atoms with E-state index < -0.39 is 0 Å². The number of aromatic nitrogens is 3. The van der Waals surface area contributed by atoms with E-state index in [-0.39, 0.29) is 0 Å². The molecule has 0 aromatic carbocycles. The van der Waals surface area contributed by atoms with Crippen LogP contribution in [0.25, 0.3) is 0 Å². The van der Waals surface area contributed by atoms with E-state index in [9.17, 15) is 0 Å². The fraction of sp³-hybridized carbons (Fsp3) is 0.714. The van der Waals surface area contributed by atoms with E-state index >= 15 is 0 Å². The first-order chi connectivity index (χ1) is 5.34. The summed E-state index contributed by atoms with van der Waals surface area (Å²) in [5, 5.41) is 7.62. The Hall–Kier alpha value is -0.900. The second-order valence-corrected chi connectivity index (χ2v) is 3.22. The van der Waals surface area contributed by atoms with E-state index in [1.807, 2.05) is 10.9 Å². The van der Waals surface area contributed by atoms with Crippen molar-refractivity contribution in [1.82, 2.24) is 15.0 Å². The van der Waals surface area contributed by atoms with Gasteiger partial charge in [0.25, 0.3) is 0 Å². The topological polar surface area (TPSA) is 56.7 Å². The quantitative estimate of drug-likeness (QED) is 0.649. The molecule has 0 aliphatic heterocycles. The number of hydrogen-bond acceptors (Lipinski definition) is 3. The van der Waals surface area contributed by atoms with Gasteiger partial charge in [-0.2, -0.15) is 0 Å². The zero-order valence-electron chi connectivity index (χ0n) is 6.35. The van der Waals surface area contributed by atoms with Crippen molar-refractivity contribution in [3.05, 3.63) is 12.4 Å². The van der Waals surface area contributed by atoms with Crippen molar-refractivity contribution >= 4 is 0 Å². The van der Waals surface area contributed by atoms with E-state index in [0.717, 1.165) is 25.3 Å². The van der Waals surface area contributed by atoms with Crippen LogP contribution in [0.4, 0.5) is 0 Å². The summed E-state index contributed by atoms with van der Waals surface area (Å²) in [5.74, 6) is 0.728. The van der Waals surface area contributed by atoms with Gasteiger partial charge in [-0.15, -0.1) is 5.10 Å². The van der Waals surface area contributed by atoms with Gasteiger partial charge >= 0.3 is 0 Å². The molecular weight excluding hydrogens is 140 g/mol. The lowest BCUT2D eigenvalue weighted by atomic mass is 9.81. The van der Waals surface area contributed by atoms with E-state index in [1.165, 1.54) is 0 Å². The van der Waals surface area contributed by atoms with Gasteiger partial charge in [0.2, 0.25) is 0 Å². The van der Waals surface area contributed by atoms with Crippen LogP contribution >= 0.6 is 0 Å². The molecule has 1 saturated carbocycles. The van der Waals surface area contributed by atoms with E-state index in [4.69, 9.17) is 5.73 Å². The molecule has 11 heavy (non-hydrogen) atoms. The van der Waals surface area contributed by atoms with Crippen LogP contribution in [0.5, 0.6) is 0 Å². The number of rotatable bonds is 2. The fourth-order valence-electron chi connectivity index (χ4n) is 1.53. The van der Waals surface area contributed by atoms with Crippen molar-refractivity contribution < 1.29 is 0 Å². The second kappa shape index (κ2) is 2.62. The maximum Gasteiger partial charge on any atom is 0.0692 e. The Morgan fingerprint density at radius 2 is 2.36 bits per heavy atom. The summed E-state index contributed by atoms with van der Waals surface area (Å²) in [6, 6.07) is 0.434. The third-order valence-electron chi connectivity index (χ3n) is 2.19. The Morgan fingerprint density at radius 3 is 2.91 bits per heavy atom. The molecule has 0 spiro atoms. The molecule has 2 N–H and O–H groups in total. The van der Waals surface area contributed by atoms with Crippen LogP contribution in [0.15, 0.2) is 12.4 Å². The first-order valence-electron chi connectivity index (χ1n) is 3.94. The predicted octanol–water partition coefficient (Wildman–Crippen LogP) is 0.0154. The van der Waals surface area contributed by atoms with Gasteiger partial charge in [-0.3, -0.25) is 4.68 Å². The molecule has 1 aromatic rings. The summed E-state index contributed by atoms with van der Waals surface area (Å²) in [6.45, 7) is 0.980. The van der Waals surface area contributed by atoms with Gasteiger partial charge in [-0.1, -0.05) is 5.21 Å². The summed E-state index contributed by atoms with van der Waals surface area (Å²) in [6.07, 6.45) is 5.88. The lowest BCUT2D eigenvalue weighted by Gasteiger charge is -2.31. The number of nitrogens with zero attached hydrogens (tertiary/aromatic N) is 3. The van der Waals surface area contributed by atoms with Crippen LogP contribution in [0, 0.1) is 5.92 Å². The Balaban J connectivity index is 1.84. The molecule has 4 nitrogen and oxygen atoms in total. The Labute approximate surface area is 65.4 Å². The zero-order valence-corrected chi connectivity index (χ0v) is 6.35. The van der Waals surface area contributed by atoms with Crippen molar-refractivity contribution in [2.45, 2.75) is 25.4 Å².